The minimum atomic E-state index is -0.257. The van der Waals surface area contributed by atoms with E-state index in [4.69, 9.17) is 4.74 Å². The van der Waals surface area contributed by atoms with Crippen LogP contribution in [-0.2, 0) is 14.3 Å². The average Bonchev–Trinajstić information content (AvgIpc) is 2.47. The van der Waals surface area contributed by atoms with Crippen molar-refractivity contribution in [3.8, 4) is 0 Å². The van der Waals surface area contributed by atoms with E-state index >= 15 is 0 Å². The fourth-order valence-corrected chi connectivity index (χ4v) is 2.82. The second-order valence-corrected chi connectivity index (χ2v) is 6.18. The topological polar surface area (TPSA) is 55.4 Å². The quantitative estimate of drug-likeness (QED) is 0.490. The minimum absolute atomic E-state index is 0.0749. The van der Waals surface area contributed by atoms with Crippen molar-refractivity contribution < 1.29 is 14.3 Å². The fourth-order valence-electron chi connectivity index (χ4n) is 2.82. The second-order valence-electron chi connectivity index (χ2n) is 6.18. The van der Waals surface area contributed by atoms with Crippen molar-refractivity contribution in [1.29, 1.82) is 0 Å². The maximum atomic E-state index is 12.1. The molecule has 1 aliphatic rings. The summed E-state index contributed by atoms with van der Waals surface area (Å²) in [7, 11) is 0. The maximum absolute atomic E-state index is 12.1. The Morgan fingerprint density at radius 3 is 2.70 bits per heavy atom. The lowest BCUT2D eigenvalue weighted by Gasteiger charge is -2.25. The summed E-state index contributed by atoms with van der Waals surface area (Å²) in [4.78, 5) is 23.4. The first-order valence-corrected chi connectivity index (χ1v) is 8.38. The first-order valence-electron chi connectivity index (χ1n) is 8.38. The van der Waals surface area contributed by atoms with E-state index < -0.39 is 0 Å². The highest BCUT2D eigenvalue weighted by molar-refractivity contribution is 5.76. The smallest absolute Gasteiger partial charge is 0.303 e. The third kappa shape index (κ3) is 7.31. The highest BCUT2D eigenvalue weighted by Crippen LogP contribution is 2.18. The number of carbonyl (C=O) groups is 2. The Balaban J connectivity index is 2.96. The van der Waals surface area contributed by atoms with Gasteiger partial charge in [0, 0.05) is 13.3 Å². The molecule has 4 nitrogen and oxygen atoms in total. The minimum Gasteiger partial charge on any atom is -0.458 e. The monoisotopic (exact) mass is 319 g/mol. The van der Waals surface area contributed by atoms with E-state index in [0.29, 0.717) is 6.42 Å². The Kier molecular flexibility index (Phi) is 8.38. The molecule has 0 aromatic heterocycles. The van der Waals surface area contributed by atoms with Gasteiger partial charge in [0.15, 0.2) is 0 Å². The maximum Gasteiger partial charge on any atom is 0.303 e. The molecule has 0 bridgehead atoms. The summed E-state index contributed by atoms with van der Waals surface area (Å²) in [6, 6.07) is -0.0749. The molecular formula is C19H29NO3. The predicted octanol–water partition coefficient (Wildman–Crippen LogP) is 3.69. The number of carbonyl (C=O) groups excluding carboxylic acids is 2. The SMILES string of the molecule is C=C/C=C(\C)[C@H]1NC(=O)CCCCCC(OC(C)=O)/C=C/[C@@H]1C. The number of hydrogen-bond donors (Lipinski definition) is 1. The molecule has 1 aliphatic heterocycles. The van der Waals surface area contributed by atoms with Crippen LogP contribution >= 0.6 is 0 Å². The lowest BCUT2D eigenvalue weighted by molar-refractivity contribution is -0.144. The predicted molar refractivity (Wildman–Crippen MR) is 92.8 cm³/mol. The molecule has 0 aromatic carbocycles. The molecule has 1 rings (SSSR count). The van der Waals surface area contributed by atoms with E-state index in [0.717, 1.165) is 31.3 Å². The van der Waals surface area contributed by atoms with Gasteiger partial charge in [0.05, 0.1) is 6.04 Å². The summed E-state index contributed by atoms with van der Waals surface area (Å²) in [5.74, 6) is -0.0659. The molecule has 3 atom stereocenters. The number of hydrogen-bond acceptors (Lipinski definition) is 3. The van der Waals surface area contributed by atoms with Crippen molar-refractivity contribution in [2.24, 2.45) is 5.92 Å². The Bertz CT molecular complexity index is 479. The Labute approximate surface area is 139 Å². The molecule has 1 unspecified atom stereocenters. The van der Waals surface area contributed by atoms with Crippen LogP contribution in [0.4, 0.5) is 0 Å². The molecule has 0 saturated carbocycles. The van der Waals surface area contributed by atoms with Gasteiger partial charge in [0.1, 0.15) is 6.10 Å². The van der Waals surface area contributed by atoms with Crippen molar-refractivity contribution in [3.63, 3.8) is 0 Å². The van der Waals surface area contributed by atoms with Crippen molar-refractivity contribution in [1.82, 2.24) is 5.32 Å². The Morgan fingerprint density at radius 1 is 1.30 bits per heavy atom. The zero-order valence-electron chi connectivity index (χ0n) is 14.5. The van der Waals surface area contributed by atoms with E-state index in [9.17, 15) is 9.59 Å². The van der Waals surface area contributed by atoms with Crippen LogP contribution < -0.4 is 5.32 Å². The number of amides is 1. The average molecular weight is 319 g/mol. The summed E-state index contributed by atoms with van der Waals surface area (Å²) >= 11 is 0. The van der Waals surface area contributed by atoms with Gasteiger partial charge in [-0.05, 0) is 38.2 Å². The number of esters is 1. The third-order valence-electron chi connectivity index (χ3n) is 4.05. The highest BCUT2D eigenvalue weighted by atomic mass is 16.5. The lowest BCUT2D eigenvalue weighted by Crippen LogP contribution is -2.39. The molecule has 23 heavy (non-hydrogen) atoms. The first kappa shape index (κ1) is 19.2. The Hall–Kier alpha value is -1.84. The first-order chi connectivity index (χ1) is 10.9. The van der Waals surface area contributed by atoms with Crippen LogP contribution in [0, 0.1) is 5.92 Å². The molecule has 0 fully saturated rings. The summed E-state index contributed by atoms with van der Waals surface area (Å²) in [5, 5.41) is 3.11. The van der Waals surface area contributed by atoms with E-state index in [2.05, 4.69) is 18.8 Å². The summed E-state index contributed by atoms with van der Waals surface area (Å²) in [5.41, 5.74) is 1.06. The van der Waals surface area contributed by atoms with Crippen LogP contribution in [0.5, 0.6) is 0 Å². The van der Waals surface area contributed by atoms with Gasteiger partial charge in [-0.25, -0.2) is 0 Å². The molecule has 1 N–H and O–H groups in total. The highest BCUT2D eigenvalue weighted by Gasteiger charge is 2.20. The van der Waals surface area contributed by atoms with Crippen molar-refractivity contribution in [2.45, 2.75) is 65.0 Å². The second kappa shape index (κ2) is 10.0. The van der Waals surface area contributed by atoms with Gasteiger partial charge in [-0.2, -0.15) is 0 Å². The summed E-state index contributed by atoms with van der Waals surface area (Å²) in [6.45, 7) is 9.21. The normalized spacial score (nSPS) is 28.7. The molecule has 0 aliphatic carbocycles. The van der Waals surface area contributed by atoms with Gasteiger partial charge in [-0.1, -0.05) is 43.7 Å². The van der Waals surface area contributed by atoms with Crippen LogP contribution in [0.2, 0.25) is 0 Å². The van der Waals surface area contributed by atoms with E-state index in [1.807, 2.05) is 25.2 Å². The molecule has 1 heterocycles. The zero-order valence-corrected chi connectivity index (χ0v) is 14.5. The lowest BCUT2D eigenvalue weighted by atomic mass is 9.93. The third-order valence-corrected chi connectivity index (χ3v) is 4.05. The van der Waals surface area contributed by atoms with Crippen LogP contribution in [0.3, 0.4) is 0 Å². The molecule has 128 valence electrons. The van der Waals surface area contributed by atoms with Crippen LogP contribution in [0.25, 0.3) is 0 Å². The van der Waals surface area contributed by atoms with Crippen molar-refractivity contribution >= 4 is 11.9 Å². The summed E-state index contributed by atoms with van der Waals surface area (Å²) in [6.07, 6.45) is 11.5. The number of allylic oxidation sites excluding steroid dienone is 2. The van der Waals surface area contributed by atoms with E-state index in [1.165, 1.54) is 6.92 Å². The molecule has 1 amide bonds. The molecular weight excluding hydrogens is 290 g/mol. The van der Waals surface area contributed by atoms with E-state index in [1.54, 1.807) is 6.08 Å². The largest absolute Gasteiger partial charge is 0.458 e. The molecule has 0 radical (unpaired) electrons. The van der Waals surface area contributed by atoms with Crippen LogP contribution in [0.1, 0.15) is 52.9 Å². The van der Waals surface area contributed by atoms with Crippen LogP contribution in [-0.4, -0.2) is 24.0 Å². The van der Waals surface area contributed by atoms with Gasteiger partial charge in [0.2, 0.25) is 5.91 Å². The molecule has 0 aromatic rings. The van der Waals surface area contributed by atoms with Crippen molar-refractivity contribution in [3.05, 3.63) is 36.5 Å². The molecule has 0 spiro atoms. The van der Waals surface area contributed by atoms with Crippen molar-refractivity contribution in [2.75, 3.05) is 0 Å². The van der Waals surface area contributed by atoms with Gasteiger partial charge in [-0.15, -0.1) is 0 Å². The zero-order chi connectivity index (χ0) is 17.2. The summed E-state index contributed by atoms with van der Waals surface area (Å²) < 4.78 is 5.36. The standard InChI is InChI=1S/C19H29NO3/c1-5-9-14(2)19-15(3)12-13-17(23-16(4)21)10-7-6-8-11-18(22)20-19/h5,9,12-13,15,17,19H,1,6-8,10-11H2,2-4H3,(H,20,22)/b13-12+,14-9+/t15-,17?,19+/m0/s1. The Morgan fingerprint density at radius 2 is 2.04 bits per heavy atom. The van der Waals surface area contributed by atoms with Gasteiger partial charge in [-0.3, -0.25) is 9.59 Å². The van der Waals surface area contributed by atoms with Gasteiger partial charge >= 0.3 is 5.97 Å². The van der Waals surface area contributed by atoms with Gasteiger partial charge < -0.3 is 10.1 Å². The number of ether oxygens (including phenoxy) is 1. The molecule has 4 heteroatoms. The number of nitrogens with one attached hydrogen (secondary N) is 1. The van der Waals surface area contributed by atoms with Crippen LogP contribution in [0.15, 0.2) is 36.5 Å². The molecule has 0 saturated heterocycles. The van der Waals surface area contributed by atoms with Gasteiger partial charge in [0.25, 0.3) is 0 Å². The number of rotatable bonds is 3. The fraction of sp³-hybridized carbons (Fsp3) is 0.579. The van der Waals surface area contributed by atoms with E-state index in [-0.39, 0.29) is 29.9 Å².